The summed E-state index contributed by atoms with van der Waals surface area (Å²) >= 11 is 0. The predicted octanol–water partition coefficient (Wildman–Crippen LogP) is 2.20. The topological polar surface area (TPSA) is 61.0 Å². The first-order valence-corrected chi connectivity index (χ1v) is 7.90. The van der Waals surface area contributed by atoms with Crippen LogP contribution in [0.15, 0.2) is 6.07 Å². The van der Waals surface area contributed by atoms with Crippen molar-refractivity contribution in [1.82, 2.24) is 20.4 Å². The minimum absolute atomic E-state index is 0.0116. The highest BCUT2D eigenvalue weighted by Crippen LogP contribution is 2.20. The van der Waals surface area contributed by atoms with Gasteiger partial charge in [0.05, 0.1) is 24.0 Å². The van der Waals surface area contributed by atoms with E-state index in [1.165, 1.54) is 12.8 Å². The maximum absolute atomic E-state index is 12.4. The average Bonchev–Trinajstić information content (AvgIpc) is 2.79. The van der Waals surface area contributed by atoms with Crippen molar-refractivity contribution in [3.63, 3.8) is 0 Å². The molecule has 2 N–H and O–H groups in total. The van der Waals surface area contributed by atoms with E-state index in [-0.39, 0.29) is 17.4 Å². The van der Waals surface area contributed by atoms with Crippen LogP contribution in [-0.2, 0) is 16.8 Å². The summed E-state index contributed by atoms with van der Waals surface area (Å²) in [6.45, 7) is 7.92. The molecule has 5 heteroatoms. The van der Waals surface area contributed by atoms with Crippen LogP contribution in [0.1, 0.15) is 57.8 Å². The largest absolute Gasteiger partial charge is 0.349 e. The van der Waals surface area contributed by atoms with Gasteiger partial charge in [0.2, 0.25) is 5.91 Å². The van der Waals surface area contributed by atoms with Crippen LogP contribution in [0.2, 0.25) is 0 Å². The monoisotopic (exact) mass is 292 g/mol. The fourth-order valence-corrected chi connectivity index (χ4v) is 2.72. The van der Waals surface area contributed by atoms with Crippen LogP contribution in [0, 0.1) is 0 Å². The molecular formula is C16H28N4O. The number of aromatic amines is 1. The van der Waals surface area contributed by atoms with E-state index in [1.54, 1.807) is 0 Å². The van der Waals surface area contributed by atoms with Crippen molar-refractivity contribution >= 4 is 5.91 Å². The van der Waals surface area contributed by atoms with Crippen molar-refractivity contribution in [3.8, 4) is 0 Å². The molecule has 1 aromatic heterocycles. The molecule has 2 rings (SSSR count). The zero-order valence-corrected chi connectivity index (χ0v) is 13.7. The van der Waals surface area contributed by atoms with E-state index < -0.39 is 0 Å². The molecule has 0 radical (unpaired) electrons. The van der Waals surface area contributed by atoms with Crippen LogP contribution in [0.4, 0.5) is 0 Å². The molecular weight excluding hydrogens is 264 g/mol. The van der Waals surface area contributed by atoms with E-state index in [4.69, 9.17) is 0 Å². The third-order valence-electron chi connectivity index (χ3n) is 4.18. The number of aromatic nitrogens is 2. The van der Waals surface area contributed by atoms with Gasteiger partial charge in [-0.05, 0) is 32.5 Å². The second kappa shape index (κ2) is 6.60. The molecule has 21 heavy (non-hydrogen) atoms. The lowest BCUT2D eigenvalue weighted by Gasteiger charge is -2.24. The number of rotatable bonds is 3. The number of hydrogen-bond donors (Lipinski definition) is 2. The molecule has 0 spiro atoms. The van der Waals surface area contributed by atoms with Gasteiger partial charge in [-0.25, -0.2) is 0 Å². The molecule has 5 nitrogen and oxygen atoms in total. The molecule has 1 aliphatic rings. The Morgan fingerprint density at radius 1 is 1.43 bits per heavy atom. The summed E-state index contributed by atoms with van der Waals surface area (Å²) in [5, 5.41) is 10.4. The number of nitrogens with zero attached hydrogens (tertiary/aromatic N) is 2. The summed E-state index contributed by atoms with van der Waals surface area (Å²) in [6, 6.07) is 2.05. The highest BCUT2D eigenvalue weighted by molar-refractivity contribution is 5.81. The molecule has 1 aliphatic heterocycles. The first-order valence-electron chi connectivity index (χ1n) is 7.90. The maximum atomic E-state index is 12.4. The van der Waals surface area contributed by atoms with Crippen LogP contribution >= 0.6 is 0 Å². The molecule has 118 valence electrons. The minimum Gasteiger partial charge on any atom is -0.349 e. The quantitative estimate of drug-likeness (QED) is 0.898. The summed E-state index contributed by atoms with van der Waals surface area (Å²) in [5.74, 6) is 0.131. The van der Waals surface area contributed by atoms with Gasteiger partial charge in [-0.3, -0.25) is 14.8 Å². The highest BCUT2D eigenvalue weighted by atomic mass is 16.2. The van der Waals surface area contributed by atoms with Gasteiger partial charge in [0.25, 0.3) is 0 Å². The van der Waals surface area contributed by atoms with Crippen LogP contribution in [0.25, 0.3) is 0 Å². The fraction of sp³-hybridized carbons (Fsp3) is 0.750. The molecule has 0 aliphatic carbocycles. The molecule has 0 bridgehead atoms. The molecule has 1 atom stereocenters. The Morgan fingerprint density at radius 2 is 2.19 bits per heavy atom. The lowest BCUT2D eigenvalue weighted by atomic mass is 9.92. The number of nitrogens with one attached hydrogen (secondary N) is 2. The SMILES string of the molecule is CN1CCCCCC1C(=O)NCc1cc(C(C)(C)C)n[nH]1. The Balaban J connectivity index is 1.90. The number of H-pyrrole nitrogens is 1. The summed E-state index contributed by atoms with van der Waals surface area (Å²) in [6.07, 6.45) is 4.51. The van der Waals surface area contributed by atoms with E-state index in [0.717, 1.165) is 30.8 Å². The lowest BCUT2D eigenvalue weighted by molar-refractivity contribution is -0.126. The van der Waals surface area contributed by atoms with Gasteiger partial charge < -0.3 is 5.32 Å². The molecule has 1 unspecified atom stereocenters. The van der Waals surface area contributed by atoms with Gasteiger partial charge in [0, 0.05) is 5.41 Å². The number of likely N-dealkylation sites (N-methyl/N-ethyl adjacent to an activating group) is 1. The summed E-state index contributed by atoms with van der Waals surface area (Å²) in [4.78, 5) is 14.5. The van der Waals surface area contributed by atoms with E-state index in [1.807, 2.05) is 13.1 Å². The van der Waals surface area contributed by atoms with E-state index >= 15 is 0 Å². The van der Waals surface area contributed by atoms with Gasteiger partial charge in [0.15, 0.2) is 0 Å². The van der Waals surface area contributed by atoms with Gasteiger partial charge in [0.1, 0.15) is 0 Å². The zero-order valence-electron chi connectivity index (χ0n) is 13.7. The first-order chi connectivity index (χ1) is 9.88. The Labute approximate surface area is 127 Å². The van der Waals surface area contributed by atoms with Gasteiger partial charge in [-0.1, -0.05) is 33.6 Å². The highest BCUT2D eigenvalue weighted by Gasteiger charge is 2.24. The standard InChI is InChI=1S/C16H28N4O/c1-16(2,3)14-10-12(18-19-14)11-17-15(21)13-8-6-5-7-9-20(13)4/h10,13H,5-9,11H2,1-4H3,(H,17,21)(H,18,19). The third-order valence-corrected chi connectivity index (χ3v) is 4.18. The molecule has 0 saturated carbocycles. The second-order valence-corrected chi connectivity index (χ2v) is 7.09. The Morgan fingerprint density at radius 3 is 2.86 bits per heavy atom. The summed E-state index contributed by atoms with van der Waals surface area (Å²) in [5.41, 5.74) is 2.02. The van der Waals surface area contributed by atoms with Crippen molar-refractivity contribution in [1.29, 1.82) is 0 Å². The van der Waals surface area contributed by atoms with Crippen molar-refractivity contribution < 1.29 is 4.79 Å². The summed E-state index contributed by atoms with van der Waals surface area (Å²) < 4.78 is 0. The van der Waals surface area contributed by atoms with Crippen molar-refractivity contribution in [2.24, 2.45) is 0 Å². The average molecular weight is 292 g/mol. The minimum atomic E-state index is 0.0116. The fourth-order valence-electron chi connectivity index (χ4n) is 2.72. The number of carbonyl (C=O) groups is 1. The number of likely N-dealkylation sites (tertiary alicyclic amines) is 1. The van der Waals surface area contributed by atoms with Crippen molar-refractivity contribution in [3.05, 3.63) is 17.5 Å². The van der Waals surface area contributed by atoms with Crippen LogP contribution in [0.5, 0.6) is 0 Å². The Kier molecular flexibility index (Phi) is 5.04. The van der Waals surface area contributed by atoms with E-state index in [0.29, 0.717) is 6.54 Å². The second-order valence-electron chi connectivity index (χ2n) is 7.09. The Bertz CT molecular complexity index is 475. The van der Waals surface area contributed by atoms with Crippen LogP contribution in [0.3, 0.4) is 0 Å². The van der Waals surface area contributed by atoms with Crippen molar-refractivity contribution in [2.45, 2.75) is 64.5 Å². The van der Waals surface area contributed by atoms with E-state index in [2.05, 4.69) is 41.2 Å². The lowest BCUT2D eigenvalue weighted by Crippen LogP contribution is -2.44. The first kappa shape index (κ1) is 16.0. The molecule has 0 aromatic carbocycles. The van der Waals surface area contributed by atoms with Gasteiger partial charge >= 0.3 is 0 Å². The zero-order chi connectivity index (χ0) is 15.5. The van der Waals surface area contributed by atoms with Crippen LogP contribution in [-0.4, -0.2) is 40.6 Å². The maximum Gasteiger partial charge on any atom is 0.237 e. The number of amides is 1. The number of hydrogen-bond acceptors (Lipinski definition) is 3. The van der Waals surface area contributed by atoms with Crippen molar-refractivity contribution in [2.75, 3.05) is 13.6 Å². The molecule has 1 fully saturated rings. The third kappa shape index (κ3) is 4.30. The summed E-state index contributed by atoms with van der Waals surface area (Å²) in [7, 11) is 2.05. The smallest absolute Gasteiger partial charge is 0.237 e. The Hall–Kier alpha value is -1.36. The van der Waals surface area contributed by atoms with Gasteiger partial charge in [-0.15, -0.1) is 0 Å². The molecule has 1 saturated heterocycles. The van der Waals surface area contributed by atoms with Gasteiger partial charge in [-0.2, -0.15) is 5.10 Å². The normalized spacial score (nSPS) is 21.0. The van der Waals surface area contributed by atoms with Crippen LogP contribution < -0.4 is 5.32 Å². The molecule has 1 amide bonds. The molecule has 1 aromatic rings. The molecule has 2 heterocycles. The van der Waals surface area contributed by atoms with E-state index in [9.17, 15) is 4.79 Å². The number of carbonyl (C=O) groups excluding carboxylic acids is 1. The predicted molar refractivity (Wildman–Crippen MR) is 84.0 cm³/mol.